The second kappa shape index (κ2) is 1.86. The van der Waals surface area contributed by atoms with E-state index in [1.165, 1.54) is 42.3 Å². The number of hydrogen-bond donors (Lipinski definition) is 0. The van der Waals surface area contributed by atoms with Crippen molar-refractivity contribution in [3.05, 3.63) is 23.0 Å². The molecule has 4 bridgehead atoms. The van der Waals surface area contributed by atoms with E-state index in [2.05, 4.69) is 0 Å². The molecule has 0 aromatic rings. The van der Waals surface area contributed by atoms with Crippen LogP contribution in [0.1, 0.15) is 19.3 Å². The van der Waals surface area contributed by atoms with E-state index in [-0.39, 0.29) is 0 Å². The molecule has 0 aromatic heterocycles. The van der Waals surface area contributed by atoms with E-state index in [0.717, 1.165) is 47.3 Å². The van der Waals surface area contributed by atoms with Crippen LogP contribution < -0.4 is 0 Å². The van der Waals surface area contributed by atoms with Crippen LogP contribution in [0.25, 0.3) is 0 Å². The minimum atomic E-state index is 0.833. The highest BCUT2D eigenvalue weighted by Crippen LogP contribution is 2.78. The lowest BCUT2D eigenvalue weighted by Crippen LogP contribution is -2.36. The zero-order valence-electron chi connectivity index (χ0n) is 9.56. The van der Waals surface area contributed by atoms with Gasteiger partial charge in [0.05, 0.1) is 0 Å². The molecule has 0 aromatic carbocycles. The van der Waals surface area contributed by atoms with Crippen molar-refractivity contribution in [2.24, 2.45) is 47.3 Å². The zero-order valence-corrected chi connectivity index (χ0v) is 9.56. The first-order chi connectivity index (χ1) is 8.42. The van der Waals surface area contributed by atoms with Crippen molar-refractivity contribution in [2.45, 2.75) is 19.3 Å². The molecule has 0 spiro atoms. The van der Waals surface area contributed by atoms with Crippen molar-refractivity contribution in [3.8, 4) is 0 Å². The number of rotatable bonds is 0. The van der Waals surface area contributed by atoms with E-state index < -0.39 is 0 Å². The summed E-state index contributed by atoms with van der Waals surface area (Å²) in [5.74, 6) is 13.2. The molecule has 2 heterocycles. The van der Waals surface area contributed by atoms with E-state index in [4.69, 9.17) is 9.47 Å². The molecule has 5 aliphatic carbocycles. The molecule has 2 heteroatoms. The Morgan fingerprint density at radius 1 is 0.765 bits per heavy atom. The van der Waals surface area contributed by atoms with Gasteiger partial charge in [-0.2, -0.15) is 0 Å². The highest BCUT2D eigenvalue weighted by atomic mass is 16.6. The maximum Gasteiger partial charge on any atom is 0.146 e. The summed E-state index contributed by atoms with van der Waals surface area (Å²) in [5.41, 5.74) is 0. The first-order valence-corrected chi connectivity index (χ1v) is 7.24. The molecule has 2 aliphatic heterocycles. The smallest absolute Gasteiger partial charge is 0.146 e. The number of fused-ring (bicyclic) bond motifs is 15. The number of allylic oxidation sites excluding steroid dienone is 4. The maximum atomic E-state index is 5.75. The van der Waals surface area contributed by atoms with Gasteiger partial charge in [0.15, 0.2) is 0 Å². The Balaban J connectivity index is 1.42. The molecule has 8 unspecified atom stereocenters. The molecule has 0 amide bonds. The Labute approximate surface area is 99.7 Å². The second-order valence-electron chi connectivity index (χ2n) is 7.28. The van der Waals surface area contributed by atoms with Crippen LogP contribution in [0.5, 0.6) is 0 Å². The van der Waals surface area contributed by atoms with Gasteiger partial charge in [0.25, 0.3) is 0 Å². The molecule has 7 aliphatic rings. The fourth-order valence-electron chi connectivity index (χ4n) is 6.91. The van der Waals surface area contributed by atoms with Crippen molar-refractivity contribution in [2.75, 3.05) is 0 Å². The highest BCUT2D eigenvalue weighted by Gasteiger charge is 2.74. The van der Waals surface area contributed by atoms with Gasteiger partial charge in [0.1, 0.15) is 23.0 Å². The summed E-state index contributed by atoms with van der Waals surface area (Å²) in [5, 5.41) is 0. The van der Waals surface area contributed by atoms with Crippen molar-refractivity contribution >= 4 is 0 Å². The van der Waals surface area contributed by atoms with Crippen LogP contribution in [-0.2, 0) is 9.47 Å². The van der Waals surface area contributed by atoms with Gasteiger partial charge in [0.2, 0.25) is 0 Å². The van der Waals surface area contributed by atoms with E-state index in [1.807, 2.05) is 0 Å². The standard InChI is InChI=1S/C15H14O2/c1-4-5-3-9-15(16-9)12(5)6(1)11-8-2-7(10(4)11)13-14(8)17-13/h4-8,10-12H,1-3H2. The first kappa shape index (κ1) is 7.50. The number of hydrogen-bond acceptors (Lipinski definition) is 2. The van der Waals surface area contributed by atoms with Crippen LogP contribution in [0.3, 0.4) is 0 Å². The first-order valence-electron chi connectivity index (χ1n) is 7.24. The van der Waals surface area contributed by atoms with E-state index in [9.17, 15) is 0 Å². The largest absolute Gasteiger partial charge is 0.459 e. The lowest BCUT2D eigenvalue weighted by Gasteiger charge is -2.38. The molecule has 17 heavy (non-hydrogen) atoms. The summed E-state index contributed by atoms with van der Waals surface area (Å²) in [6.45, 7) is 0. The molecule has 7 rings (SSSR count). The van der Waals surface area contributed by atoms with Gasteiger partial charge in [-0.3, -0.25) is 0 Å². The molecular weight excluding hydrogens is 212 g/mol. The van der Waals surface area contributed by atoms with Crippen LogP contribution in [-0.4, -0.2) is 0 Å². The average molecular weight is 226 g/mol. The van der Waals surface area contributed by atoms with Gasteiger partial charge < -0.3 is 9.47 Å². The quantitative estimate of drug-likeness (QED) is 0.593. The average Bonchev–Trinajstić information content (AvgIpc) is 3.01. The molecule has 0 N–H and O–H groups in total. The van der Waals surface area contributed by atoms with Crippen molar-refractivity contribution in [1.29, 1.82) is 0 Å². The molecule has 86 valence electrons. The molecule has 8 atom stereocenters. The van der Waals surface area contributed by atoms with Gasteiger partial charge >= 0.3 is 0 Å². The summed E-state index contributed by atoms with van der Waals surface area (Å²) in [6.07, 6.45) is 4.24. The molecule has 3 saturated carbocycles. The SMILES string of the molecule is C1C2C3=C(O3)C1C1C3CC(C4CC5=C(O5)C43)C21. The molecular formula is C15H14O2. The van der Waals surface area contributed by atoms with Gasteiger partial charge in [-0.1, -0.05) is 0 Å². The normalized spacial score (nSPS) is 65.4. The van der Waals surface area contributed by atoms with Crippen LogP contribution >= 0.6 is 0 Å². The summed E-state index contributed by atoms with van der Waals surface area (Å²) in [7, 11) is 0. The third-order valence-electron chi connectivity index (χ3n) is 7.17. The third kappa shape index (κ3) is 0.573. The summed E-state index contributed by atoms with van der Waals surface area (Å²) >= 11 is 0. The third-order valence-corrected chi connectivity index (χ3v) is 7.17. The maximum absolute atomic E-state index is 5.75. The lowest BCUT2D eigenvalue weighted by molar-refractivity contribution is 0.0868. The fourth-order valence-corrected chi connectivity index (χ4v) is 6.91. The molecule has 3 fully saturated rings. The number of ether oxygens (including phenoxy) is 2. The van der Waals surface area contributed by atoms with Gasteiger partial charge in [-0.25, -0.2) is 0 Å². The summed E-state index contributed by atoms with van der Waals surface area (Å²) in [4.78, 5) is 0. The Kier molecular flexibility index (Phi) is 0.821. The second-order valence-corrected chi connectivity index (χ2v) is 7.28. The van der Waals surface area contributed by atoms with Crippen LogP contribution in [0, 0.1) is 47.3 Å². The van der Waals surface area contributed by atoms with Crippen LogP contribution in [0.4, 0.5) is 0 Å². The summed E-state index contributed by atoms with van der Waals surface area (Å²) in [6, 6.07) is 0. The van der Waals surface area contributed by atoms with Gasteiger partial charge in [-0.05, 0) is 42.4 Å². The van der Waals surface area contributed by atoms with Crippen molar-refractivity contribution in [1.82, 2.24) is 0 Å². The highest BCUT2D eigenvalue weighted by molar-refractivity contribution is 5.41. The Morgan fingerprint density at radius 2 is 1.59 bits per heavy atom. The van der Waals surface area contributed by atoms with Gasteiger partial charge in [0, 0.05) is 24.2 Å². The van der Waals surface area contributed by atoms with E-state index in [0.29, 0.717) is 0 Å². The predicted molar refractivity (Wildman–Crippen MR) is 58.0 cm³/mol. The molecule has 2 nitrogen and oxygen atoms in total. The van der Waals surface area contributed by atoms with Crippen LogP contribution in [0.2, 0.25) is 0 Å². The van der Waals surface area contributed by atoms with Crippen molar-refractivity contribution in [3.63, 3.8) is 0 Å². The van der Waals surface area contributed by atoms with E-state index >= 15 is 0 Å². The monoisotopic (exact) mass is 226 g/mol. The molecule has 0 radical (unpaired) electrons. The van der Waals surface area contributed by atoms with Crippen LogP contribution in [0.15, 0.2) is 23.0 Å². The molecule has 0 saturated heterocycles. The fraction of sp³-hybridized carbons (Fsp3) is 0.733. The zero-order chi connectivity index (χ0) is 10.5. The topological polar surface area (TPSA) is 25.1 Å². The predicted octanol–water partition coefficient (Wildman–Crippen LogP) is 2.64. The minimum absolute atomic E-state index is 0.833. The minimum Gasteiger partial charge on any atom is -0.459 e. The van der Waals surface area contributed by atoms with Gasteiger partial charge in [-0.15, -0.1) is 0 Å². The Morgan fingerprint density at radius 3 is 2.47 bits per heavy atom. The Hall–Kier alpha value is -0.920. The van der Waals surface area contributed by atoms with E-state index in [1.54, 1.807) is 0 Å². The van der Waals surface area contributed by atoms with Crippen molar-refractivity contribution < 1.29 is 9.47 Å². The Bertz CT molecular complexity index is 571. The summed E-state index contributed by atoms with van der Waals surface area (Å²) < 4.78 is 11.4. The lowest BCUT2D eigenvalue weighted by atomic mass is 9.65.